The predicted octanol–water partition coefficient (Wildman–Crippen LogP) is 6.88. The van der Waals surface area contributed by atoms with Gasteiger partial charge in [-0.3, -0.25) is 9.97 Å². The molecule has 0 amide bonds. The highest BCUT2D eigenvalue weighted by atomic mass is 16.3. The summed E-state index contributed by atoms with van der Waals surface area (Å²) in [7, 11) is 0. The van der Waals surface area contributed by atoms with Crippen molar-refractivity contribution in [3.8, 4) is 22.4 Å². The molecule has 4 heteroatoms. The average molecular weight is 401 g/mol. The lowest BCUT2D eigenvalue weighted by Crippen LogP contribution is -1.91. The molecular formula is C27H19N3O. The number of furan rings is 1. The van der Waals surface area contributed by atoms with Crippen LogP contribution in [0.2, 0.25) is 0 Å². The van der Waals surface area contributed by atoms with Crippen LogP contribution < -0.4 is 0 Å². The van der Waals surface area contributed by atoms with Gasteiger partial charge >= 0.3 is 0 Å². The van der Waals surface area contributed by atoms with Crippen LogP contribution >= 0.6 is 0 Å². The van der Waals surface area contributed by atoms with E-state index in [9.17, 15) is 0 Å². The number of aryl methyl sites for hydroxylation is 2. The minimum absolute atomic E-state index is 0.663. The molecule has 0 unspecified atom stereocenters. The van der Waals surface area contributed by atoms with Gasteiger partial charge in [-0.1, -0.05) is 30.3 Å². The number of fused-ring (bicyclic) bond motifs is 4. The molecule has 0 atom stereocenters. The third kappa shape index (κ3) is 2.80. The van der Waals surface area contributed by atoms with E-state index in [-0.39, 0.29) is 0 Å². The average Bonchev–Trinajstić information content (AvgIpc) is 3.17. The topological polar surface area (TPSA) is 51.8 Å². The molecule has 2 aromatic carbocycles. The highest BCUT2D eigenvalue weighted by molar-refractivity contribution is 6.08. The van der Waals surface area contributed by atoms with Crippen LogP contribution in [0, 0.1) is 13.8 Å². The molecule has 0 N–H and O–H groups in total. The van der Waals surface area contributed by atoms with E-state index in [1.165, 1.54) is 10.9 Å². The number of hydrogen-bond acceptors (Lipinski definition) is 4. The summed E-state index contributed by atoms with van der Waals surface area (Å²) in [5, 5.41) is 4.38. The molecule has 0 fully saturated rings. The van der Waals surface area contributed by atoms with Gasteiger partial charge in [0, 0.05) is 46.0 Å². The summed E-state index contributed by atoms with van der Waals surface area (Å²) in [5.41, 5.74) is 7.73. The molecule has 31 heavy (non-hydrogen) atoms. The van der Waals surface area contributed by atoms with Crippen molar-refractivity contribution in [2.75, 3.05) is 0 Å². The summed E-state index contributed by atoms with van der Waals surface area (Å²) in [6.07, 6.45) is 5.68. The van der Waals surface area contributed by atoms with Crippen molar-refractivity contribution in [1.82, 2.24) is 15.0 Å². The van der Waals surface area contributed by atoms with E-state index in [4.69, 9.17) is 9.40 Å². The van der Waals surface area contributed by atoms with Gasteiger partial charge in [-0.15, -0.1) is 0 Å². The molecule has 148 valence electrons. The quantitative estimate of drug-likeness (QED) is 0.317. The van der Waals surface area contributed by atoms with Crippen molar-refractivity contribution < 1.29 is 4.42 Å². The molecule has 4 heterocycles. The first kappa shape index (κ1) is 17.8. The van der Waals surface area contributed by atoms with Crippen molar-refractivity contribution >= 4 is 32.8 Å². The zero-order valence-corrected chi connectivity index (χ0v) is 17.3. The molecule has 0 saturated heterocycles. The van der Waals surface area contributed by atoms with Crippen LogP contribution in [0.1, 0.15) is 11.3 Å². The third-order valence-electron chi connectivity index (χ3n) is 5.85. The highest BCUT2D eigenvalue weighted by Gasteiger charge is 2.16. The molecular weight excluding hydrogens is 382 g/mol. The number of hydrogen-bond donors (Lipinski definition) is 0. The first-order valence-corrected chi connectivity index (χ1v) is 10.3. The summed E-state index contributed by atoms with van der Waals surface area (Å²) in [6.45, 7) is 4.07. The zero-order chi connectivity index (χ0) is 20.9. The second-order valence-electron chi connectivity index (χ2n) is 7.88. The summed E-state index contributed by atoms with van der Waals surface area (Å²) >= 11 is 0. The van der Waals surface area contributed by atoms with E-state index in [0.29, 0.717) is 5.71 Å². The van der Waals surface area contributed by atoms with Gasteiger partial charge in [0.15, 0.2) is 0 Å². The second-order valence-corrected chi connectivity index (χ2v) is 7.88. The van der Waals surface area contributed by atoms with Crippen molar-refractivity contribution in [2.45, 2.75) is 13.8 Å². The zero-order valence-electron chi connectivity index (χ0n) is 17.3. The van der Waals surface area contributed by atoms with Gasteiger partial charge < -0.3 is 4.42 Å². The van der Waals surface area contributed by atoms with Crippen LogP contribution in [0.4, 0.5) is 0 Å². The van der Waals surface area contributed by atoms with Crippen LogP contribution in [-0.2, 0) is 0 Å². The normalized spacial score (nSPS) is 11.5. The minimum atomic E-state index is 0.663. The lowest BCUT2D eigenvalue weighted by Gasteiger charge is -2.11. The Bertz CT molecular complexity index is 1610. The van der Waals surface area contributed by atoms with Gasteiger partial charge in [-0.2, -0.15) is 0 Å². The molecule has 4 nitrogen and oxygen atoms in total. The standard InChI is InChI=1S/C27H19N3O/c1-16-14-29-25(13-24(16)20-6-3-5-18-15-28-12-11-19(18)20)23-8-4-7-21-22-10-9-17(2)30-27(22)31-26(21)23/h3-15H,1-2H3. The highest BCUT2D eigenvalue weighted by Crippen LogP contribution is 2.37. The van der Waals surface area contributed by atoms with Gasteiger partial charge in [0.25, 0.3) is 0 Å². The van der Waals surface area contributed by atoms with E-state index >= 15 is 0 Å². The Morgan fingerprint density at radius 3 is 2.55 bits per heavy atom. The van der Waals surface area contributed by atoms with Crippen LogP contribution in [0.3, 0.4) is 0 Å². The Kier molecular flexibility index (Phi) is 3.87. The van der Waals surface area contributed by atoms with Crippen LogP contribution in [-0.4, -0.2) is 15.0 Å². The summed E-state index contributed by atoms with van der Waals surface area (Å²) in [4.78, 5) is 13.6. The van der Waals surface area contributed by atoms with Gasteiger partial charge in [-0.25, -0.2) is 4.98 Å². The maximum atomic E-state index is 6.21. The van der Waals surface area contributed by atoms with Crippen molar-refractivity contribution in [2.24, 2.45) is 0 Å². The maximum absolute atomic E-state index is 6.21. The summed E-state index contributed by atoms with van der Waals surface area (Å²) in [6, 6.07) is 20.8. The first-order valence-electron chi connectivity index (χ1n) is 10.3. The smallest absolute Gasteiger partial charge is 0.227 e. The predicted molar refractivity (Wildman–Crippen MR) is 125 cm³/mol. The number of para-hydroxylation sites is 1. The Morgan fingerprint density at radius 2 is 1.61 bits per heavy atom. The van der Waals surface area contributed by atoms with Gasteiger partial charge in [0.05, 0.1) is 5.69 Å². The monoisotopic (exact) mass is 401 g/mol. The second kappa shape index (κ2) is 6.74. The molecule has 0 spiro atoms. The molecule has 6 rings (SSSR count). The lowest BCUT2D eigenvalue weighted by atomic mass is 9.95. The fourth-order valence-electron chi connectivity index (χ4n) is 4.29. The van der Waals surface area contributed by atoms with E-state index in [1.54, 1.807) is 0 Å². The largest absolute Gasteiger partial charge is 0.437 e. The number of pyridine rings is 3. The molecule has 4 aromatic heterocycles. The summed E-state index contributed by atoms with van der Waals surface area (Å²) < 4.78 is 6.21. The number of nitrogens with zero attached hydrogens (tertiary/aromatic N) is 3. The minimum Gasteiger partial charge on any atom is -0.437 e. The number of benzene rings is 2. The van der Waals surface area contributed by atoms with Crippen molar-refractivity contribution in [1.29, 1.82) is 0 Å². The van der Waals surface area contributed by atoms with Crippen LogP contribution in [0.5, 0.6) is 0 Å². The summed E-state index contributed by atoms with van der Waals surface area (Å²) in [5.74, 6) is 0. The molecule has 0 bridgehead atoms. The fraction of sp³-hybridized carbons (Fsp3) is 0.0741. The van der Waals surface area contributed by atoms with E-state index in [0.717, 1.165) is 49.8 Å². The molecule has 0 aliphatic heterocycles. The van der Waals surface area contributed by atoms with E-state index in [2.05, 4.69) is 71.5 Å². The maximum Gasteiger partial charge on any atom is 0.227 e. The Morgan fingerprint density at radius 1 is 0.742 bits per heavy atom. The van der Waals surface area contributed by atoms with Crippen molar-refractivity contribution in [3.63, 3.8) is 0 Å². The van der Waals surface area contributed by atoms with Gasteiger partial charge in [0.1, 0.15) is 5.58 Å². The van der Waals surface area contributed by atoms with Crippen molar-refractivity contribution in [3.05, 3.63) is 90.5 Å². The Balaban J connectivity index is 1.60. The van der Waals surface area contributed by atoms with E-state index < -0.39 is 0 Å². The fourth-order valence-corrected chi connectivity index (χ4v) is 4.29. The SMILES string of the molecule is Cc1ccc2c(n1)oc1c(-c3cc(-c4cccc5cnccc45)c(C)cn3)cccc12. The number of rotatable bonds is 2. The first-order chi connectivity index (χ1) is 15.2. The van der Waals surface area contributed by atoms with Gasteiger partial charge in [-0.05, 0) is 66.3 Å². The molecule has 0 saturated carbocycles. The Hall–Kier alpha value is -4.05. The molecule has 0 aliphatic rings. The lowest BCUT2D eigenvalue weighted by molar-refractivity contribution is 0.653. The Labute approximate surface area is 179 Å². The van der Waals surface area contributed by atoms with Crippen LogP contribution in [0.15, 0.2) is 83.7 Å². The van der Waals surface area contributed by atoms with Gasteiger partial charge in [0.2, 0.25) is 5.71 Å². The third-order valence-corrected chi connectivity index (χ3v) is 5.85. The molecule has 0 aliphatic carbocycles. The number of aromatic nitrogens is 3. The van der Waals surface area contributed by atoms with E-state index in [1.807, 2.05) is 31.6 Å². The van der Waals surface area contributed by atoms with Crippen LogP contribution in [0.25, 0.3) is 55.2 Å². The molecule has 6 aromatic rings. The molecule has 0 radical (unpaired) electrons.